The van der Waals surface area contributed by atoms with Crippen LogP contribution in [0.25, 0.3) is 10.9 Å². The highest BCUT2D eigenvalue weighted by Gasteiger charge is 2.19. The van der Waals surface area contributed by atoms with Crippen LogP contribution in [0, 0.1) is 5.92 Å². The SMILES string of the molecule is CN(CC1CCCOC1)C(=O)c1ccc2[nH]ccc2c1. The summed E-state index contributed by atoms with van der Waals surface area (Å²) in [4.78, 5) is 17.4. The van der Waals surface area contributed by atoms with Crippen molar-refractivity contribution in [2.45, 2.75) is 12.8 Å². The van der Waals surface area contributed by atoms with Gasteiger partial charge in [-0.1, -0.05) is 0 Å². The van der Waals surface area contributed by atoms with E-state index in [0.29, 0.717) is 5.92 Å². The molecule has 3 rings (SSSR count). The molecule has 2 heterocycles. The molecule has 1 amide bonds. The highest BCUT2D eigenvalue weighted by molar-refractivity contribution is 5.97. The molecule has 1 atom stereocenters. The number of nitrogens with zero attached hydrogens (tertiary/aromatic N) is 1. The first-order chi connectivity index (χ1) is 9.74. The number of aromatic nitrogens is 1. The number of nitrogens with one attached hydrogen (secondary N) is 1. The largest absolute Gasteiger partial charge is 0.381 e. The Hall–Kier alpha value is -1.81. The standard InChI is InChI=1S/C16H20N2O2/c1-18(10-12-3-2-8-20-11-12)16(19)14-4-5-15-13(9-14)6-7-17-15/h4-7,9,12,17H,2-3,8,10-11H2,1H3. The molecule has 106 valence electrons. The lowest BCUT2D eigenvalue weighted by Crippen LogP contribution is -2.35. The van der Waals surface area contributed by atoms with Crippen LogP contribution in [0.3, 0.4) is 0 Å². The number of hydrogen-bond donors (Lipinski definition) is 1. The fourth-order valence-electron chi connectivity index (χ4n) is 2.83. The molecule has 1 aliphatic heterocycles. The number of carbonyl (C=O) groups excluding carboxylic acids is 1. The summed E-state index contributed by atoms with van der Waals surface area (Å²) < 4.78 is 5.47. The van der Waals surface area contributed by atoms with Crippen molar-refractivity contribution in [1.82, 2.24) is 9.88 Å². The summed E-state index contributed by atoms with van der Waals surface area (Å²) in [6, 6.07) is 7.78. The first kappa shape index (κ1) is 13.2. The van der Waals surface area contributed by atoms with Gasteiger partial charge in [-0.3, -0.25) is 4.79 Å². The van der Waals surface area contributed by atoms with Gasteiger partial charge in [-0.25, -0.2) is 0 Å². The highest BCUT2D eigenvalue weighted by Crippen LogP contribution is 2.18. The van der Waals surface area contributed by atoms with E-state index in [4.69, 9.17) is 4.74 Å². The average molecular weight is 272 g/mol. The number of benzene rings is 1. The van der Waals surface area contributed by atoms with Gasteiger partial charge in [-0.15, -0.1) is 0 Å². The van der Waals surface area contributed by atoms with Crippen molar-refractivity contribution in [3.05, 3.63) is 36.0 Å². The molecule has 1 aliphatic rings. The number of H-pyrrole nitrogens is 1. The summed E-state index contributed by atoms with van der Waals surface area (Å²) in [6.45, 7) is 2.40. The van der Waals surface area contributed by atoms with Gasteiger partial charge in [-0.05, 0) is 43.0 Å². The van der Waals surface area contributed by atoms with Crippen molar-refractivity contribution in [3.63, 3.8) is 0 Å². The number of hydrogen-bond acceptors (Lipinski definition) is 2. The van der Waals surface area contributed by atoms with E-state index in [0.717, 1.165) is 49.1 Å². The molecule has 1 fully saturated rings. The lowest BCUT2D eigenvalue weighted by atomic mass is 10.0. The van der Waals surface area contributed by atoms with Crippen LogP contribution in [0.2, 0.25) is 0 Å². The minimum Gasteiger partial charge on any atom is -0.381 e. The molecule has 1 aromatic carbocycles. The van der Waals surface area contributed by atoms with Crippen molar-refractivity contribution >= 4 is 16.8 Å². The first-order valence-corrected chi connectivity index (χ1v) is 7.14. The second-order valence-corrected chi connectivity index (χ2v) is 5.55. The average Bonchev–Trinajstić information content (AvgIpc) is 2.94. The molecule has 1 saturated heterocycles. The quantitative estimate of drug-likeness (QED) is 0.933. The fourth-order valence-corrected chi connectivity index (χ4v) is 2.83. The third-order valence-corrected chi connectivity index (χ3v) is 3.93. The molecule has 0 bridgehead atoms. The van der Waals surface area contributed by atoms with Crippen LogP contribution >= 0.6 is 0 Å². The molecule has 1 unspecified atom stereocenters. The maximum atomic E-state index is 12.5. The molecule has 2 aromatic rings. The molecule has 0 spiro atoms. The van der Waals surface area contributed by atoms with Crippen molar-refractivity contribution < 1.29 is 9.53 Å². The maximum absolute atomic E-state index is 12.5. The number of aromatic amines is 1. The Morgan fingerprint density at radius 3 is 3.15 bits per heavy atom. The van der Waals surface area contributed by atoms with Gasteiger partial charge in [0.05, 0.1) is 6.61 Å². The van der Waals surface area contributed by atoms with E-state index in [-0.39, 0.29) is 5.91 Å². The van der Waals surface area contributed by atoms with Crippen LogP contribution in [0.5, 0.6) is 0 Å². The van der Waals surface area contributed by atoms with Crippen LogP contribution in [0.4, 0.5) is 0 Å². The predicted molar refractivity (Wildman–Crippen MR) is 78.8 cm³/mol. The van der Waals surface area contributed by atoms with E-state index in [1.54, 1.807) is 0 Å². The molecule has 0 radical (unpaired) electrons. The maximum Gasteiger partial charge on any atom is 0.253 e. The van der Waals surface area contributed by atoms with Crippen LogP contribution in [0.15, 0.2) is 30.5 Å². The summed E-state index contributed by atoms with van der Waals surface area (Å²) >= 11 is 0. The second-order valence-electron chi connectivity index (χ2n) is 5.55. The number of carbonyl (C=O) groups is 1. The number of rotatable bonds is 3. The number of ether oxygens (including phenoxy) is 1. The van der Waals surface area contributed by atoms with Gasteiger partial charge in [0.15, 0.2) is 0 Å². The van der Waals surface area contributed by atoms with Crippen molar-refractivity contribution in [1.29, 1.82) is 0 Å². The van der Waals surface area contributed by atoms with Crippen LogP contribution in [-0.2, 0) is 4.74 Å². The van der Waals surface area contributed by atoms with Crippen LogP contribution in [0.1, 0.15) is 23.2 Å². The van der Waals surface area contributed by atoms with Crippen molar-refractivity contribution in [2.24, 2.45) is 5.92 Å². The molecule has 4 nitrogen and oxygen atoms in total. The van der Waals surface area contributed by atoms with E-state index < -0.39 is 0 Å². The van der Waals surface area contributed by atoms with Crippen molar-refractivity contribution in [2.75, 3.05) is 26.8 Å². The Morgan fingerprint density at radius 2 is 2.35 bits per heavy atom. The first-order valence-electron chi connectivity index (χ1n) is 7.14. The summed E-state index contributed by atoms with van der Waals surface area (Å²) in [5, 5.41) is 1.07. The normalized spacial score (nSPS) is 19.1. The van der Waals surface area contributed by atoms with Crippen LogP contribution < -0.4 is 0 Å². The van der Waals surface area contributed by atoms with Crippen molar-refractivity contribution in [3.8, 4) is 0 Å². The Balaban J connectivity index is 1.70. The molecule has 0 saturated carbocycles. The zero-order chi connectivity index (χ0) is 13.9. The molecule has 1 aromatic heterocycles. The zero-order valence-corrected chi connectivity index (χ0v) is 11.8. The summed E-state index contributed by atoms with van der Waals surface area (Å²) in [5.74, 6) is 0.548. The summed E-state index contributed by atoms with van der Waals surface area (Å²) in [7, 11) is 1.87. The predicted octanol–water partition coefficient (Wildman–Crippen LogP) is 2.67. The van der Waals surface area contributed by atoms with Gasteiger partial charge in [0.25, 0.3) is 5.91 Å². The Labute approximate surface area is 118 Å². The Morgan fingerprint density at radius 1 is 1.45 bits per heavy atom. The Bertz CT molecular complexity index is 599. The van der Waals surface area contributed by atoms with Gasteiger partial charge in [-0.2, -0.15) is 0 Å². The monoisotopic (exact) mass is 272 g/mol. The molecule has 20 heavy (non-hydrogen) atoms. The van der Waals surface area contributed by atoms with Gasteiger partial charge < -0.3 is 14.6 Å². The van der Waals surface area contributed by atoms with Crippen LogP contribution in [-0.4, -0.2) is 42.6 Å². The third kappa shape index (κ3) is 2.70. The van der Waals surface area contributed by atoms with E-state index in [9.17, 15) is 4.79 Å². The third-order valence-electron chi connectivity index (χ3n) is 3.93. The second kappa shape index (κ2) is 5.67. The topological polar surface area (TPSA) is 45.3 Å². The van der Waals surface area contributed by atoms with Gasteiger partial charge in [0, 0.05) is 42.9 Å². The van der Waals surface area contributed by atoms with E-state index in [1.807, 2.05) is 42.4 Å². The molecule has 1 N–H and O–H groups in total. The minimum absolute atomic E-state index is 0.0821. The minimum atomic E-state index is 0.0821. The van der Waals surface area contributed by atoms with Gasteiger partial charge >= 0.3 is 0 Å². The van der Waals surface area contributed by atoms with Gasteiger partial charge in [0.1, 0.15) is 0 Å². The van der Waals surface area contributed by atoms with E-state index in [2.05, 4.69) is 4.98 Å². The molecular formula is C16H20N2O2. The number of fused-ring (bicyclic) bond motifs is 1. The number of amides is 1. The molecule has 4 heteroatoms. The lowest BCUT2D eigenvalue weighted by Gasteiger charge is -2.27. The summed E-state index contributed by atoms with van der Waals surface area (Å²) in [5.41, 5.74) is 1.81. The lowest BCUT2D eigenvalue weighted by molar-refractivity contribution is 0.0388. The van der Waals surface area contributed by atoms with E-state index in [1.165, 1.54) is 0 Å². The smallest absolute Gasteiger partial charge is 0.253 e. The zero-order valence-electron chi connectivity index (χ0n) is 11.8. The molecular weight excluding hydrogens is 252 g/mol. The van der Waals surface area contributed by atoms with Gasteiger partial charge in [0.2, 0.25) is 0 Å². The molecule has 0 aliphatic carbocycles. The highest BCUT2D eigenvalue weighted by atomic mass is 16.5. The fraction of sp³-hybridized carbons (Fsp3) is 0.438. The Kier molecular flexibility index (Phi) is 3.74. The summed E-state index contributed by atoms with van der Waals surface area (Å²) in [6.07, 6.45) is 4.14. The van der Waals surface area contributed by atoms with E-state index >= 15 is 0 Å².